The second-order valence-corrected chi connectivity index (χ2v) is 23.5. The molecular formula is C50H80O22. The summed E-state index contributed by atoms with van der Waals surface area (Å²) in [4.78, 5) is 0. The lowest BCUT2D eigenvalue weighted by Crippen LogP contribution is -2.68. The molecule has 1 spiro atoms. The maximum absolute atomic E-state index is 11.8. The summed E-state index contributed by atoms with van der Waals surface area (Å²) in [6.45, 7) is 7.28. The summed E-state index contributed by atoms with van der Waals surface area (Å²) in [6.07, 6.45) is -22.3. The van der Waals surface area contributed by atoms with Crippen molar-refractivity contribution < 1.29 is 109 Å². The zero-order chi connectivity index (χ0) is 51.3. The third-order valence-electron chi connectivity index (χ3n) is 19.4. The number of aliphatic hydroxyl groups is 12. The molecule has 22 heteroatoms. The van der Waals surface area contributed by atoms with Crippen molar-refractivity contribution in [1.82, 2.24) is 0 Å². The number of hydrogen-bond acceptors (Lipinski definition) is 22. The van der Waals surface area contributed by atoms with Gasteiger partial charge >= 0.3 is 0 Å². The average molecular weight is 1030 g/mol. The Morgan fingerprint density at radius 3 is 1.94 bits per heavy atom. The van der Waals surface area contributed by atoms with Crippen molar-refractivity contribution in [3.05, 3.63) is 11.6 Å². The van der Waals surface area contributed by atoms with Crippen LogP contribution >= 0.6 is 0 Å². The first-order valence-electron chi connectivity index (χ1n) is 26.4. The first-order valence-corrected chi connectivity index (χ1v) is 26.4. The fourth-order valence-electron chi connectivity index (χ4n) is 15.3. The van der Waals surface area contributed by atoms with Crippen LogP contribution in [0, 0.1) is 46.3 Å². The van der Waals surface area contributed by atoms with Gasteiger partial charge in [0.2, 0.25) is 0 Å². The monoisotopic (exact) mass is 1030 g/mol. The smallest absolute Gasteiger partial charge is 0.187 e. The van der Waals surface area contributed by atoms with Crippen molar-refractivity contribution in [3.8, 4) is 0 Å². The van der Waals surface area contributed by atoms with E-state index >= 15 is 0 Å². The molecule has 0 aromatic carbocycles. The van der Waals surface area contributed by atoms with Gasteiger partial charge in [0.05, 0.1) is 45.2 Å². The van der Waals surface area contributed by atoms with Crippen LogP contribution in [0.4, 0.5) is 0 Å². The van der Waals surface area contributed by atoms with Gasteiger partial charge in [-0.05, 0) is 91.8 Å². The van der Waals surface area contributed by atoms with E-state index in [0.29, 0.717) is 48.3 Å². The van der Waals surface area contributed by atoms with Gasteiger partial charge in [0.25, 0.3) is 0 Å². The summed E-state index contributed by atoms with van der Waals surface area (Å²) < 4.78 is 61.3. The van der Waals surface area contributed by atoms with Gasteiger partial charge in [-0.1, -0.05) is 39.3 Å². The van der Waals surface area contributed by atoms with Crippen molar-refractivity contribution >= 4 is 0 Å². The summed E-state index contributed by atoms with van der Waals surface area (Å²) in [5, 5.41) is 129. The predicted molar refractivity (Wildman–Crippen MR) is 242 cm³/mol. The number of fused-ring (bicyclic) bond motifs is 7. The minimum absolute atomic E-state index is 0.0473. The van der Waals surface area contributed by atoms with Crippen LogP contribution in [0.2, 0.25) is 0 Å². The quantitative estimate of drug-likeness (QED) is 0.0964. The van der Waals surface area contributed by atoms with Gasteiger partial charge < -0.3 is 109 Å². The molecular weight excluding hydrogens is 953 g/mol. The van der Waals surface area contributed by atoms with Gasteiger partial charge in [-0.2, -0.15) is 0 Å². The van der Waals surface area contributed by atoms with E-state index in [1.807, 2.05) is 0 Å². The zero-order valence-corrected chi connectivity index (χ0v) is 41.5. The SMILES string of the molecule is C[C@@H]1CC[C@@]2(OC1)O[C@H]1C[C@H]3[C@@H]4CC=C5C[C@@H](OC6O[C@H](CO)[C@H](OC7O[C@H](CO)[C@@H](O)[C@H](OC8OC[C@@H](O)[C@H](O)[C@H]8O)[C@H]7OC7O[C@H](CO)[C@@H](O)[C@H](O)[C@H]7O)[C@H](O)[C@H]6O)CC[C@]5(C)[C@H]4CC[C@]3(C)[C@H]1[C@@H]2C. The van der Waals surface area contributed by atoms with Crippen LogP contribution < -0.4 is 0 Å². The minimum Gasteiger partial charge on any atom is -0.394 e. The Hall–Kier alpha value is -1.14. The molecule has 6 saturated heterocycles. The number of allylic oxidation sites excluding steroid dienone is 1. The van der Waals surface area contributed by atoms with E-state index in [0.717, 1.165) is 51.6 Å². The fourth-order valence-corrected chi connectivity index (χ4v) is 15.3. The second-order valence-electron chi connectivity index (χ2n) is 23.5. The Morgan fingerprint density at radius 1 is 0.597 bits per heavy atom. The van der Waals surface area contributed by atoms with Crippen molar-refractivity contribution in [1.29, 1.82) is 0 Å². The van der Waals surface area contributed by atoms with Gasteiger partial charge in [-0.15, -0.1) is 0 Å². The van der Waals surface area contributed by atoms with Gasteiger partial charge in [0.15, 0.2) is 30.9 Å². The molecule has 22 nitrogen and oxygen atoms in total. The maximum atomic E-state index is 11.8. The van der Waals surface area contributed by atoms with Crippen LogP contribution in [0.15, 0.2) is 11.6 Å². The molecule has 10 aliphatic rings. The van der Waals surface area contributed by atoms with Gasteiger partial charge in [0.1, 0.15) is 91.6 Å². The highest BCUT2D eigenvalue weighted by atomic mass is 16.8. The zero-order valence-electron chi connectivity index (χ0n) is 41.5. The number of hydrogen-bond donors (Lipinski definition) is 12. The van der Waals surface area contributed by atoms with Gasteiger partial charge in [0, 0.05) is 12.3 Å². The lowest BCUT2D eigenvalue weighted by molar-refractivity contribution is -0.403. The summed E-state index contributed by atoms with van der Waals surface area (Å²) in [5.74, 6) is 2.46. The van der Waals surface area contributed by atoms with E-state index in [4.69, 9.17) is 47.4 Å². The summed E-state index contributed by atoms with van der Waals surface area (Å²) in [5.41, 5.74) is 1.44. The Kier molecular flexibility index (Phi) is 15.7. The Labute approximate surface area is 419 Å². The van der Waals surface area contributed by atoms with Crippen LogP contribution in [0.1, 0.15) is 85.5 Å². The van der Waals surface area contributed by atoms with Crippen LogP contribution in [0.5, 0.6) is 0 Å². The van der Waals surface area contributed by atoms with E-state index in [1.165, 1.54) is 5.57 Å². The molecule has 6 heterocycles. The van der Waals surface area contributed by atoms with Crippen LogP contribution in [-0.4, -0.2) is 229 Å². The maximum Gasteiger partial charge on any atom is 0.187 e. The molecule has 30 atom stereocenters. The largest absolute Gasteiger partial charge is 0.394 e. The van der Waals surface area contributed by atoms with Crippen LogP contribution in [0.3, 0.4) is 0 Å². The molecule has 9 fully saturated rings. The summed E-state index contributed by atoms with van der Waals surface area (Å²) in [7, 11) is 0. The molecule has 0 aromatic heterocycles. The Morgan fingerprint density at radius 2 is 1.24 bits per heavy atom. The lowest BCUT2D eigenvalue weighted by atomic mass is 9.47. The molecule has 6 aliphatic heterocycles. The topological polar surface area (TPSA) is 335 Å². The minimum atomic E-state index is -2.00. The standard InChI is InChI=1S/C50H80O22/c1-20-7-12-50(64-18-20)21(2)32-28(72-50)14-26-24-6-5-22-13-23(8-10-48(22,3)25(24)9-11-49(26,32)4)65-45-40(62)37(59)41(31(17-53)68-45)69-47-43(71-46-39(61)36(58)34(56)29(15-51)66-46)42(35(57)30(16-52)67-47)70-44-38(60)33(55)27(54)19-63-44/h5,20-21,23-47,51-62H,6-19H2,1-4H3/t20-,21+,23+,24-,25+,26+,27-,28+,29-,30-,31-,32+,33+,34-,35-,36+,37-,38-,39-,40-,41+,42+,43-,44?,45?,46?,47?,48+,49+,50-/m1/s1. The van der Waals surface area contributed by atoms with E-state index in [-0.39, 0.29) is 16.9 Å². The first-order chi connectivity index (χ1) is 34.3. The van der Waals surface area contributed by atoms with E-state index in [9.17, 15) is 61.3 Å². The van der Waals surface area contributed by atoms with Crippen molar-refractivity contribution in [3.63, 3.8) is 0 Å². The molecule has 0 bridgehead atoms. The normalized spacial score (nSPS) is 56.7. The molecule has 4 unspecified atom stereocenters. The van der Waals surface area contributed by atoms with Crippen molar-refractivity contribution in [2.24, 2.45) is 46.3 Å². The fraction of sp³-hybridized carbons (Fsp3) is 0.960. The van der Waals surface area contributed by atoms with Crippen molar-refractivity contribution in [2.75, 3.05) is 33.0 Å². The molecule has 0 amide bonds. The number of rotatable bonds is 11. The molecule has 3 saturated carbocycles. The molecule has 10 rings (SSSR count). The summed E-state index contributed by atoms with van der Waals surface area (Å²) >= 11 is 0. The lowest BCUT2D eigenvalue weighted by Gasteiger charge is -2.58. The predicted octanol–water partition coefficient (Wildman–Crippen LogP) is -2.35. The average Bonchev–Trinajstić information content (AvgIpc) is 3.82. The third kappa shape index (κ3) is 9.18. The second kappa shape index (κ2) is 20.9. The van der Waals surface area contributed by atoms with Gasteiger partial charge in [-0.3, -0.25) is 0 Å². The number of ether oxygens (including phenoxy) is 10. The number of aliphatic hydroxyl groups excluding tert-OH is 12. The molecule has 4 aliphatic carbocycles. The Bertz CT molecular complexity index is 1890. The van der Waals surface area contributed by atoms with Crippen molar-refractivity contribution in [2.45, 2.75) is 220 Å². The molecule has 72 heavy (non-hydrogen) atoms. The highest BCUT2D eigenvalue weighted by Crippen LogP contribution is 2.70. The molecule has 12 N–H and O–H groups in total. The van der Waals surface area contributed by atoms with Crippen LogP contribution in [0.25, 0.3) is 0 Å². The van der Waals surface area contributed by atoms with Gasteiger partial charge in [-0.25, -0.2) is 0 Å². The molecule has 412 valence electrons. The molecule has 0 aromatic rings. The van der Waals surface area contributed by atoms with E-state index < -0.39 is 155 Å². The highest BCUT2D eigenvalue weighted by Gasteiger charge is 2.69. The van der Waals surface area contributed by atoms with E-state index in [2.05, 4.69) is 33.8 Å². The third-order valence-corrected chi connectivity index (χ3v) is 19.4. The Balaban J connectivity index is 0.826. The van der Waals surface area contributed by atoms with Crippen LogP contribution in [-0.2, 0) is 47.4 Å². The summed E-state index contributed by atoms with van der Waals surface area (Å²) in [6, 6.07) is 0. The first kappa shape index (κ1) is 54.2. The highest BCUT2D eigenvalue weighted by molar-refractivity contribution is 5.26. The van der Waals surface area contributed by atoms with E-state index in [1.54, 1.807) is 0 Å². The molecule has 0 radical (unpaired) electrons.